The van der Waals surface area contributed by atoms with Gasteiger partial charge in [-0.25, -0.2) is 0 Å². The normalized spacial score (nSPS) is 12.4. The Bertz CT molecular complexity index is 571. The van der Waals surface area contributed by atoms with Crippen molar-refractivity contribution in [2.24, 2.45) is 5.73 Å². The lowest BCUT2D eigenvalue weighted by Gasteiger charge is -2.18. The summed E-state index contributed by atoms with van der Waals surface area (Å²) in [4.78, 5) is 1.22. The Morgan fingerprint density at radius 1 is 1.10 bits per heavy atom. The zero-order valence-corrected chi connectivity index (χ0v) is 14.7. The molecule has 0 aliphatic rings. The molecular weight excluding hydrogens is 346 g/mol. The Morgan fingerprint density at radius 3 is 2.43 bits per heavy atom. The van der Waals surface area contributed by atoms with Crippen molar-refractivity contribution >= 4 is 27.7 Å². The van der Waals surface area contributed by atoms with E-state index in [0.29, 0.717) is 0 Å². The van der Waals surface area contributed by atoms with Crippen LogP contribution in [-0.4, -0.2) is 11.9 Å². The van der Waals surface area contributed by atoms with E-state index < -0.39 is 0 Å². The molecule has 0 saturated heterocycles. The van der Waals surface area contributed by atoms with Crippen molar-refractivity contribution in [3.8, 4) is 5.75 Å². The van der Waals surface area contributed by atoms with Crippen LogP contribution in [0.2, 0.25) is 0 Å². The summed E-state index contributed by atoms with van der Waals surface area (Å²) in [5.41, 5.74) is 7.40. The molecule has 0 aliphatic carbocycles. The van der Waals surface area contributed by atoms with E-state index in [1.807, 2.05) is 50.2 Å². The van der Waals surface area contributed by atoms with Gasteiger partial charge >= 0.3 is 0 Å². The molecule has 2 rings (SSSR count). The molecule has 2 nitrogen and oxygen atoms in total. The van der Waals surface area contributed by atoms with Crippen molar-refractivity contribution < 1.29 is 4.74 Å². The molecule has 0 aliphatic heterocycles. The molecule has 2 aromatic rings. The highest BCUT2D eigenvalue weighted by Gasteiger charge is 2.13. The molecule has 0 saturated carbocycles. The molecule has 112 valence electrons. The molecule has 0 aromatic heterocycles. The summed E-state index contributed by atoms with van der Waals surface area (Å²) in [6, 6.07) is 16.3. The number of ether oxygens (including phenoxy) is 1. The predicted octanol–water partition coefficient (Wildman–Crippen LogP) is 5.03. The average molecular weight is 366 g/mol. The van der Waals surface area contributed by atoms with Gasteiger partial charge in [0.15, 0.2) is 0 Å². The fourth-order valence-electron chi connectivity index (χ4n) is 1.95. The molecule has 0 bridgehead atoms. The van der Waals surface area contributed by atoms with Crippen molar-refractivity contribution in [1.82, 2.24) is 0 Å². The maximum Gasteiger partial charge on any atom is 0.124 e. The first-order chi connectivity index (χ1) is 10.1. The second-order valence-corrected chi connectivity index (χ2v) is 7.08. The minimum absolute atomic E-state index is 0.0476. The van der Waals surface area contributed by atoms with Crippen LogP contribution in [0.3, 0.4) is 0 Å². The number of benzene rings is 2. The molecule has 21 heavy (non-hydrogen) atoms. The summed E-state index contributed by atoms with van der Waals surface area (Å²) in [7, 11) is 0. The third-order valence-corrected chi connectivity index (χ3v) is 4.58. The van der Waals surface area contributed by atoms with E-state index in [1.165, 1.54) is 4.90 Å². The first-order valence-electron chi connectivity index (χ1n) is 6.96. The summed E-state index contributed by atoms with van der Waals surface area (Å²) < 4.78 is 6.93. The van der Waals surface area contributed by atoms with E-state index >= 15 is 0 Å². The van der Waals surface area contributed by atoms with E-state index in [0.717, 1.165) is 21.5 Å². The minimum Gasteiger partial charge on any atom is -0.491 e. The van der Waals surface area contributed by atoms with Gasteiger partial charge in [0.25, 0.3) is 0 Å². The highest BCUT2D eigenvalue weighted by atomic mass is 79.9. The monoisotopic (exact) mass is 365 g/mol. The molecule has 1 atom stereocenters. The molecule has 0 fully saturated rings. The molecule has 1 unspecified atom stereocenters. The van der Waals surface area contributed by atoms with Crippen LogP contribution < -0.4 is 10.5 Å². The Labute approximate surface area is 139 Å². The summed E-state index contributed by atoms with van der Waals surface area (Å²) in [5, 5.41) is 0. The number of nitrogens with two attached hydrogens (primary N) is 1. The fourth-order valence-corrected chi connectivity index (χ4v) is 3.10. The summed E-state index contributed by atoms with van der Waals surface area (Å²) in [6.07, 6.45) is 0.150. The molecule has 0 heterocycles. The minimum atomic E-state index is -0.0476. The van der Waals surface area contributed by atoms with Crippen molar-refractivity contribution in [3.63, 3.8) is 0 Å². The van der Waals surface area contributed by atoms with Crippen LogP contribution in [0, 0.1) is 0 Å². The third kappa shape index (κ3) is 5.06. The lowest BCUT2D eigenvalue weighted by Crippen LogP contribution is -2.16. The standard InChI is InChI=1S/C17H20BrNOS/c1-12(2)20-17-6-4-3-5-15(17)16(19)11-21-14-9-7-13(18)8-10-14/h3-10,12,16H,11,19H2,1-2H3. The summed E-state index contributed by atoms with van der Waals surface area (Å²) in [5.74, 6) is 1.71. The Balaban J connectivity index is 2.03. The maximum absolute atomic E-state index is 6.34. The summed E-state index contributed by atoms with van der Waals surface area (Å²) in [6.45, 7) is 4.05. The number of halogens is 1. The predicted molar refractivity (Wildman–Crippen MR) is 94.0 cm³/mol. The topological polar surface area (TPSA) is 35.2 Å². The second kappa shape index (κ2) is 7.87. The van der Waals surface area contributed by atoms with Crippen LogP contribution in [0.5, 0.6) is 5.75 Å². The molecule has 4 heteroatoms. The smallest absolute Gasteiger partial charge is 0.124 e. The van der Waals surface area contributed by atoms with Gasteiger partial charge in [-0.3, -0.25) is 0 Å². The van der Waals surface area contributed by atoms with E-state index in [1.54, 1.807) is 11.8 Å². The molecular formula is C17H20BrNOS. The lowest BCUT2D eigenvalue weighted by atomic mass is 10.1. The van der Waals surface area contributed by atoms with E-state index in [9.17, 15) is 0 Å². The van der Waals surface area contributed by atoms with Crippen LogP contribution in [0.4, 0.5) is 0 Å². The number of rotatable bonds is 6. The van der Waals surface area contributed by atoms with E-state index in [4.69, 9.17) is 10.5 Å². The largest absolute Gasteiger partial charge is 0.491 e. The molecule has 0 amide bonds. The highest BCUT2D eigenvalue weighted by Crippen LogP contribution is 2.29. The van der Waals surface area contributed by atoms with Crippen LogP contribution in [0.1, 0.15) is 25.5 Å². The number of para-hydroxylation sites is 1. The Kier molecular flexibility index (Phi) is 6.15. The average Bonchev–Trinajstić information content (AvgIpc) is 2.46. The zero-order chi connectivity index (χ0) is 15.2. The van der Waals surface area contributed by atoms with Gasteiger partial charge in [-0.05, 0) is 44.2 Å². The van der Waals surface area contributed by atoms with Gasteiger partial charge in [-0.1, -0.05) is 34.1 Å². The third-order valence-electron chi connectivity index (χ3n) is 2.92. The van der Waals surface area contributed by atoms with Crippen molar-refractivity contribution in [1.29, 1.82) is 0 Å². The number of hydrogen-bond acceptors (Lipinski definition) is 3. The van der Waals surface area contributed by atoms with E-state index in [-0.39, 0.29) is 12.1 Å². The van der Waals surface area contributed by atoms with Gasteiger partial charge in [0.1, 0.15) is 5.75 Å². The summed E-state index contributed by atoms with van der Waals surface area (Å²) >= 11 is 5.20. The van der Waals surface area contributed by atoms with Crippen molar-refractivity contribution in [2.45, 2.75) is 30.9 Å². The van der Waals surface area contributed by atoms with Gasteiger partial charge in [0, 0.05) is 26.7 Å². The fraction of sp³-hybridized carbons (Fsp3) is 0.294. The number of hydrogen-bond donors (Lipinski definition) is 1. The Hall–Kier alpha value is -0.970. The lowest BCUT2D eigenvalue weighted by molar-refractivity contribution is 0.239. The highest BCUT2D eigenvalue weighted by molar-refractivity contribution is 9.10. The van der Waals surface area contributed by atoms with Crippen LogP contribution in [0.15, 0.2) is 57.9 Å². The number of thioether (sulfide) groups is 1. The van der Waals surface area contributed by atoms with Crippen LogP contribution in [-0.2, 0) is 0 Å². The van der Waals surface area contributed by atoms with Gasteiger partial charge in [-0.15, -0.1) is 11.8 Å². The van der Waals surface area contributed by atoms with Crippen molar-refractivity contribution in [2.75, 3.05) is 5.75 Å². The molecule has 2 aromatic carbocycles. The first-order valence-corrected chi connectivity index (χ1v) is 8.73. The SMILES string of the molecule is CC(C)Oc1ccccc1C(N)CSc1ccc(Br)cc1. The van der Waals surface area contributed by atoms with Crippen molar-refractivity contribution in [3.05, 3.63) is 58.6 Å². The first kappa shape index (κ1) is 16.4. The van der Waals surface area contributed by atoms with Gasteiger partial charge < -0.3 is 10.5 Å². The maximum atomic E-state index is 6.34. The Morgan fingerprint density at radius 2 is 1.76 bits per heavy atom. The quantitative estimate of drug-likeness (QED) is 0.729. The van der Waals surface area contributed by atoms with Gasteiger partial charge in [0.2, 0.25) is 0 Å². The molecule has 0 radical (unpaired) electrons. The second-order valence-electron chi connectivity index (χ2n) is 5.08. The van der Waals surface area contributed by atoms with Gasteiger partial charge in [-0.2, -0.15) is 0 Å². The molecule has 2 N–H and O–H groups in total. The van der Waals surface area contributed by atoms with Crippen LogP contribution >= 0.6 is 27.7 Å². The van der Waals surface area contributed by atoms with Gasteiger partial charge in [0.05, 0.1) is 6.10 Å². The van der Waals surface area contributed by atoms with Crippen LogP contribution in [0.25, 0.3) is 0 Å². The molecule has 0 spiro atoms. The van der Waals surface area contributed by atoms with E-state index in [2.05, 4.69) is 28.1 Å². The zero-order valence-electron chi connectivity index (χ0n) is 12.3.